The summed E-state index contributed by atoms with van der Waals surface area (Å²) in [6, 6.07) is 10.7. The summed E-state index contributed by atoms with van der Waals surface area (Å²) in [5.41, 5.74) is 4.21. The molecule has 0 bridgehead atoms. The van der Waals surface area contributed by atoms with Gasteiger partial charge in [-0.15, -0.1) is 0 Å². The van der Waals surface area contributed by atoms with E-state index in [2.05, 4.69) is 9.62 Å². The number of hydrogen-bond donors (Lipinski definition) is 1. The zero-order chi connectivity index (χ0) is 18.9. The highest BCUT2D eigenvalue weighted by Crippen LogP contribution is 2.35. The molecule has 3 rings (SSSR count). The van der Waals surface area contributed by atoms with Gasteiger partial charge in [-0.1, -0.05) is 18.2 Å². The number of fused-ring (bicyclic) bond motifs is 1. The van der Waals surface area contributed by atoms with Gasteiger partial charge in [0.25, 0.3) is 5.69 Å². The molecule has 0 spiro atoms. The molecule has 0 saturated heterocycles. The van der Waals surface area contributed by atoms with Crippen molar-refractivity contribution < 1.29 is 13.3 Å². The van der Waals surface area contributed by atoms with Gasteiger partial charge in [0.2, 0.25) is 10.0 Å². The van der Waals surface area contributed by atoms with Crippen molar-refractivity contribution in [2.75, 3.05) is 22.4 Å². The Morgan fingerprint density at radius 1 is 1.23 bits per heavy atom. The molecule has 2 aromatic carbocycles. The van der Waals surface area contributed by atoms with Crippen LogP contribution < -0.4 is 9.62 Å². The number of rotatable bonds is 5. The maximum Gasteiger partial charge on any atom is 0.272 e. The summed E-state index contributed by atoms with van der Waals surface area (Å²) in [6.45, 7) is 3.13. The topological polar surface area (TPSA) is 92.6 Å². The van der Waals surface area contributed by atoms with Crippen LogP contribution in [-0.2, 0) is 23.0 Å². The van der Waals surface area contributed by atoms with Crippen molar-refractivity contribution in [3.63, 3.8) is 0 Å². The Hall–Kier alpha value is -2.61. The highest BCUT2D eigenvalue weighted by molar-refractivity contribution is 7.92. The maximum absolute atomic E-state index is 11.6. The molecule has 1 aliphatic heterocycles. The first-order valence-corrected chi connectivity index (χ1v) is 10.2. The molecule has 1 N–H and O–H groups in total. The summed E-state index contributed by atoms with van der Waals surface area (Å²) < 4.78 is 25.8. The number of benzene rings is 2. The molecule has 0 amide bonds. The molecule has 0 aliphatic carbocycles. The number of sulfonamides is 1. The van der Waals surface area contributed by atoms with Crippen molar-refractivity contribution in [2.24, 2.45) is 0 Å². The first-order valence-electron chi connectivity index (χ1n) is 8.34. The van der Waals surface area contributed by atoms with E-state index in [9.17, 15) is 18.5 Å². The fraction of sp³-hybridized carbons (Fsp3) is 0.333. The van der Waals surface area contributed by atoms with E-state index in [1.807, 2.05) is 18.2 Å². The summed E-state index contributed by atoms with van der Waals surface area (Å²) >= 11 is 0. The van der Waals surface area contributed by atoms with Gasteiger partial charge in [-0.05, 0) is 43.0 Å². The third-order valence-corrected chi connectivity index (χ3v) is 5.21. The largest absolute Gasteiger partial charge is 0.367 e. The van der Waals surface area contributed by atoms with Gasteiger partial charge in [0.05, 0.1) is 16.9 Å². The number of nitro benzene ring substituents is 1. The fourth-order valence-electron chi connectivity index (χ4n) is 3.40. The molecule has 7 nitrogen and oxygen atoms in total. The SMILES string of the molecule is Cc1c(CN2CCCc3c(NS(C)(=O)=O)cccc32)cccc1[N+](=O)[O-]. The van der Waals surface area contributed by atoms with Gasteiger partial charge in [-0.25, -0.2) is 8.42 Å². The molecule has 2 aromatic rings. The Kier molecular flexibility index (Phi) is 4.86. The highest BCUT2D eigenvalue weighted by atomic mass is 32.2. The fourth-order valence-corrected chi connectivity index (χ4v) is 4.00. The lowest BCUT2D eigenvalue weighted by Gasteiger charge is -2.33. The number of anilines is 2. The summed E-state index contributed by atoms with van der Waals surface area (Å²) in [7, 11) is -3.35. The Balaban J connectivity index is 1.95. The highest BCUT2D eigenvalue weighted by Gasteiger charge is 2.22. The maximum atomic E-state index is 11.6. The second-order valence-corrected chi connectivity index (χ2v) is 8.27. The van der Waals surface area contributed by atoms with Crippen LogP contribution in [0.25, 0.3) is 0 Å². The van der Waals surface area contributed by atoms with Crippen molar-refractivity contribution in [3.8, 4) is 0 Å². The average Bonchev–Trinajstić information content (AvgIpc) is 2.56. The second kappa shape index (κ2) is 6.95. The summed E-state index contributed by atoms with van der Waals surface area (Å²) in [5.74, 6) is 0. The molecule has 1 aliphatic rings. The predicted molar refractivity (Wildman–Crippen MR) is 102 cm³/mol. The number of nitrogens with one attached hydrogen (secondary N) is 1. The Bertz CT molecular complexity index is 957. The van der Waals surface area contributed by atoms with E-state index in [4.69, 9.17) is 0 Å². The number of nitro groups is 1. The van der Waals surface area contributed by atoms with Gasteiger partial charge < -0.3 is 4.90 Å². The quantitative estimate of drug-likeness (QED) is 0.640. The van der Waals surface area contributed by atoms with Crippen molar-refractivity contribution in [2.45, 2.75) is 26.3 Å². The number of hydrogen-bond acceptors (Lipinski definition) is 5. The van der Waals surface area contributed by atoms with Crippen LogP contribution in [0, 0.1) is 17.0 Å². The van der Waals surface area contributed by atoms with Crippen LogP contribution in [0.5, 0.6) is 0 Å². The lowest BCUT2D eigenvalue weighted by molar-refractivity contribution is -0.385. The molecular weight excluding hydrogens is 354 g/mol. The van der Waals surface area contributed by atoms with Gasteiger partial charge in [-0.2, -0.15) is 0 Å². The molecule has 26 heavy (non-hydrogen) atoms. The van der Waals surface area contributed by atoms with Crippen LogP contribution in [0.1, 0.15) is 23.1 Å². The average molecular weight is 375 g/mol. The van der Waals surface area contributed by atoms with Crippen LogP contribution >= 0.6 is 0 Å². The first-order chi connectivity index (χ1) is 12.3. The predicted octanol–water partition coefficient (Wildman–Crippen LogP) is 3.23. The molecule has 0 radical (unpaired) electrons. The van der Waals surface area contributed by atoms with E-state index >= 15 is 0 Å². The summed E-state index contributed by atoms with van der Waals surface area (Å²) in [4.78, 5) is 13.0. The molecular formula is C18H21N3O4S. The third kappa shape index (κ3) is 3.80. The van der Waals surface area contributed by atoms with Crippen molar-refractivity contribution in [3.05, 3.63) is 63.2 Å². The van der Waals surface area contributed by atoms with Crippen molar-refractivity contribution in [1.82, 2.24) is 0 Å². The van der Waals surface area contributed by atoms with Gasteiger partial charge in [-0.3, -0.25) is 14.8 Å². The van der Waals surface area contributed by atoms with Crippen LogP contribution in [0.15, 0.2) is 36.4 Å². The van der Waals surface area contributed by atoms with E-state index in [0.29, 0.717) is 17.8 Å². The normalized spacial score (nSPS) is 14.0. The molecule has 1 heterocycles. The number of nitrogens with zero attached hydrogens (tertiary/aromatic N) is 2. The zero-order valence-corrected chi connectivity index (χ0v) is 15.5. The van der Waals surface area contributed by atoms with Crippen molar-refractivity contribution >= 4 is 27.1 Å². The van der Waals surface area contributed by atoms with E-state index in [1.165, 1.54) is 6.07 Å². The lowest BCUT2D eigenvalue weighted by atomic mass is 9.98. The Morgan fingerprint density at radius 3 is 2.65 bits per heavy atom. The summed E-state index contributed by atoms with van der Waals surface area (Å²) in [5, 5.41) is 11.2. The van der Waals surface area contributed by atoms with E-state index < -0.39 is 10.0 Å². The molecule has 8 heteroatoms. The molecule has 0 fully saturated rings. The lowest BCUT2D eigenvalue weighted by Crippen LogP contribution is -2.30. The smallest absolute Gasteiger partial charge is 0.272 e. The molecule has 138 valence electrons. The third-order valence-electron chi connectivity index (χ3n) is 4.62. The van der Waals surface area contributed by atoms with Crippen LogP contribution in [-0.4, -0.2) is 26.1 Å². The first kappa shape index (κ1) is 18.2. The van der Waals surface area contributed by atoms with E-state index in [0.717, 1.165) is 42.5 Å². The van der Waals surface area contributed by atoms with Crippen molar-refractivity contribution in [1.29, 1.82) is 0 Å². The minimum Gasteiger partial charge on any atom is -0.367 e. The standard InChI is InChI=1S/C18H21N3O4S/c1-13-14(6-3-9-17(13)21(22)23)12-20-11-5-7-15-16(19-26(2,24)25)8-4-10-18(15)20/h3-4,6,8-10,19H,5,7,11-12H2,1-2H3. The van der Waals surface area contributed by atoms with Crippen LogP contribution in [0.2, 0.25) is 0 Å². The minimum atomic E-state index is -3.35. The Labute approximate surface area is 152 Å². The molecule has 0 aromatic heterocycles. The summed E-state index contributed by atoms with van der Waals surface area (Å²) in [6.07, 6.45) is 2.82. The van der Waals surface area contributed by atoms with Crippen LogP contribution in [0.4, 0.5) is 17.1 Å². The van der Waals surface area contributed by atoms with Gasteiger partial charge in [0.1, 0.15) is 0 Å². The second-order valence-electron chi connectivity index (χ2n) is 6.52. The molecule has 0 saturated carbocycles. The molecule has 0 unspecified atom stereocenters. The zero-order valence-electron chi connectivity index (χ0n) is 14.7. The van der Waals surface area contributed by atoms with Gasteiger partial charge in [0, 0.05) is 30.4 Å². The minimum absolute atomic E-state index is 0.118. The Morgan fingerprint density at radius 2 is 1.96 bits per heavy atom. The van der Waals surface area contributed by atoms with Gasteiger partial charge >= 0.3 is 0 Å². The van der Waals surface area contributed by atoms with Crippen LogP contribution in [0.3, 0.4) is 0 Å². The monoisotopic (exact) mass is 375 g/mol. The van der Waals surface area contributed by atoms with Gasteiger partial charge in [0.15, 0.2) is 0 Å². The van der Waals surface area contributed by atoms with E-state index in [-0.39, 0.29) is 10.6 Å². The molecule has 0 atom stereocenters. The van der Waals surface area contributed by atoms with E-state index in [1.54, 1.807) is 19.1 Å².